The highest BCUT2D eigenvalue weighted by atomic mass is 32.2. The van der Waals surface area contributed by atoms with E-state index in [1.807, 2.05) is 18.2 Å². The Balaban J connectivity index is 2.19. The van der Waals surface area contributed by atoms with Crippen LogP contribution in [0.5, 0.6) is 5.75 Å². The molecule has 0 saturated carbocycles. The molecule has 0 fully saturated rings. The second-order valence-electron chi connectivity index (χ2n) is 6.85. The summed E-state index contributed by atoms with van der Waals surface area (Å²) in [7, 11) is -1.04. The van der Waals surface area contributed by atoms with E-state index >= 15 is 0 Å². The van der Waals surface area contributed by atoms with Crippen LogP contribution in [-0.4, -0.2) is 59.1 Å². The van der Waals surface area contributed by atoms with Gasteiger partial charge in [0, 0.05) is 18.2 Å². The van der Waals surface area contributed by atoms with Gasteiger partial charge in [0.2, 0.25) is 10.0 Å². The number of benzene rings is 2. The molecule has 0 aliphatic heterocycles. The molecule has 0 aliphatic carbocycles. The van der Waals surface area contributed by atoms with Crippen LogP contribution in [0.15, 0.2) is 53.4 Å². The molecule has 0 radical (unpaired) electrons. The van der Waals surface area contributed by atoms with Gasteiger partial charge in [-0.1, -0.05) is 44.2 Å². The monoisotopic (exact) mass is 433 g/mol. The van der Waals surface area contributed by atoms with Gasteiger partial charge in [-0.3, -0.25) is 9.69 Å². The Morgan fingerprint density at radius 2 is 1.77 bits per heavy atom. The summed E-state index contributed by atoms with van der Waals surface area (Å²) in [5.74, 6) is -0.138. The van der Waals surface area contributed by atoms with E-state index in [0.717, 1.165) is 19.5 Å². The van der Waals surface area contributed by atoms with Crippen molar-refractivity contribution in [2.75, 3.05) is 33.8 Å². The van der Waals surface area contributed by atoms with Crippen molar-refractivity contribution < 1.29 is 17.9 Å². The van der Waals surface area contributed by atoms with E-state index in [1.54, 1.807) is 6.07 Å². The summed E-state index contributed by atoms with van der Waals surface area (Å²) >= 11 is 0. The molecule has 30 heavy (non-hydrogen) atoms. The Morgan fingerprint density at radius 3 is 2.33 bits per heavy atom. The van der Waals surface area contributed by atoms with Crippen LogP contribution < -0.4 is 14.8 Å². The van der Waals surface area contributed by atoms with Crippen molar-refractivity contribution in [3.8, 4) is 5.75 Å². The number of carbonyl (C=O) groups excluding carboxylic acids is 1. The Morgan fingerprint density at radius 1 is 1.10 bits per heavy atom. The lowest BCUT2D eigenvalue weighted by atomic mass is 10.0. The number of amides is 1. The topological polar surface area (TPSA) is 87.7 Å². The van der Waals surface area contributed by atoms with Gasteiger partial charge < -0.3 is 10.1 Å². The molecule has 0 aromatic heterocycles. The fraction of sp³-hybridized carbons (Fsp3) is 0.409. The first-order valence-corrected chi connectivity index (χ1v) is 11.5. The number of hydrogen-bond donors (Lipinski definition) is 2. The van der Waals surface area contributed by atoms with Gasteiger partial charge in [-0.05, 0) is 50.3 Å². The molecule has 1 unspecified atom stereocenters. The lowest BCUT2D eigenvalue weighted by Gasteiger charge is -2.30. The van der Waals surface area contributed by atoms with Crippen LogP contribution in [0.1, 0.15) is 29.8 Å². The Hall–Kier alpha value is -2.42. The Labute approximate surface area is 179 Å². The van der Waals surface area contributed by atoms with E-state index in [2.05, 4.69) is 40.9 Å². The summed E-state index contributed by atoms with van der Waals surface area (Å²) in [5.41, 5.74) is 1.47. The van der Waals surface area contributed by atoms with Crippen LogP contribution in [-0.2, 0) is 16.4 Å². The molecule has 0 aliphatic rings. The standard InChI is InChI=1S/C22H31N3O4S/c1-5-25(6-2)19(14-17-10-8-7-9-11-17)16-24-22(26)18-12-13-20(29-4)21(15-18)30(27,28)23-3/h7-13,15,19,23H,5-6,14,16H2,1-4H3,(H,24,26). The van der Waals surface area contributed by atoms with Crippen LogP contribution in [0.3, 0.4) is 0 Å². The van der Waals surface area contributed by atoms with Crippen molar-refractivity contribution in [1.29, 1.82) is 0 Å². The number of likely N-dealkylation sites (N-methyl/N-ethyl adjacent to an activating group) is 1. The van der Waals surface area contributed by atoms with Crippen molar-refractivity contribution in [1.82, 2.24) is 14.9 Å². The molecule has 0 saturated heterocycles. The summed E-state index contributed by atoms with van der Waals surface area (Å²) in [5, 5.41) is 2.97. The third-order valence-electron chi connectivity index (χ3n) is 5.13. The van der Waals surface area contributed by atoms with Gasteiger partial charge in [0.15, 0.2) is 0 Å². The van der Waals surface area contributed by atoms with Gasteiger partial charge in [0.1, 0.15) is 10.6 Å². The zero-order chi connectivity index (χ0) is 22.1. The number of methoxy groups -OCH3 is 1. The predicted molar refractivity (Wildman–Crippen MR) is 118 cm³/mol. The molecule has 164 valence electrons. The molecule has 1 atom stereocenters. The highest BCUT2D eigenvalue weighted by molar-refractivity contribution is 7.89. The number of hydrogen-bond acceptors (Lipinski definition) is 5. The number of carbonyl (C=O) groups is 1. The van der Waals surface area contributed by atoms with Crippen LogP contribution in [0.4, 0.5) is 0 Å². The number of sulfonamides is 1. The first kappa shape index (κ1) is 23.9. The number of rotatable bonds is 11. The van der Waals surface area contributed by atoms with E-state index in [4.69, 9.17) is 4.74 Å². The second kappa shape index (κ2) is 11.1. The first-order valence-electron chi connectivity index (χ1n) is 10.0. The van der Waals surface area contributed by atoms with Crippen molar-refractivity contribution in [3.63, 3.8) is 0 Å². The maximum absolute atomic E-state index is 12.8. The summed E-state index contributed by atoms with van der Waals surface area (Å²) in [6.07, 6.45) is 0.810. The Kier molecular flexibility index (Phi) is 8.83. The number of ether oxygens (including phenoxy) is 1. The second-order valence-corrected chi connectivity index (χ2v) is 8.70. The third-order valence-corrected chi connectivity index (χ3v) is 6.56. The molecule has 2 aromatic rings. The minimum atomic E-state index is -3.75. The van der Waals surface area contributed by atoms with Gasteiger partial charge in [-0.25, -0.2) is 13.1 Å². The molecule has 8 heteroatoms. The van der Waals surface area contributed by atoms with E-state index < -0.39 is 10.0 Å². The van der Waals surface area contributed by atoms with Crippen molar-refractivity contribution in [2.24, 2.45) is 0 Å². The van der Waals surface area contributed by atoms with Crippen molar-refractivity contribution >= 4 is 15.9 Å². The quantitative estimate of drug-likeness (QED) is 0.568. The third kappa shape index (κ3) is 6.04. The van der Waals surface area contributed by atoms with E-state index in [9.17, 15) is 13.2 Å². The van der Waals surface area contributed by atoms with E-state index in [0.29, 0.717) is 6.54 Å². The number of nitrogens with zero attached hydrogens (tertiary/aromatic N) is 1. The Bertz CT molecular complexity index is 929. The van der Waals surface area contributed by atoms with Crippen molar-refractivity contribution in [3.05, 3.63) is 59.7 Å². The van der Waals surface area contributed by atoms with Crippen LogP contribution in [0.25, 0.3) is 0 Å². The van der Waals surface area contributed by atoms with Gasteiger partial charge in [-0.15, -0.1) is 0 Å². The molecule has 0 spiro atoms. The average molecular weight is 434 g/mol. The predicted octanol–water partition coefficient (Wildman–Crippen LogP) is 2.29. The van der Waals surface area contributed by atoms with E-state index in [1.165, 1.54) is 31.9 Å². The smallest absolute Gasteiger partial charge is 0.251 e. The lowest BCUT2D eigenvalue weighted by molar-refractivity contribution is 0.0934. The highest BCUT2D eigenvalue weighted by Crippen LogP contribution is 2.24. The fourth-order valence-corrected chi connectivity index (χ4v) is 4.33. The largest absolute Gasteiger partial charge is 0.495 e. The summed E-state index contributed by atoms with van der Waals surface area (Å²) < 4.78 is 31.9. The molecular formula is C22H31N3O4S. The van der Waals surface area contributed by atoms with Gasteiger partial charge in [0.25, 0.3) is 5.91 Å². The molecule has 0 bridgehead atoms. The molecule has 2 rings (SSSR count). The zero-order valence-electron chi connectivity index (χ0n) is 18.0. The van der Waals surface area contributed by atoms with Gasteiger partial charge in [-0.2, -0.15) is 0 Å². The SMILES string of the molecule is CCN(CC)C(CNC(=O)c1ccc(OC)c(S(=O)(=O)NC)c1)Cc1ccccc1. The zero-order valence-corrected chi connectivity index (χ0v) is 18.8. The average Bonchev–Trinajstić information content (AvgIpc) is 2.78. The summed E-state index contributed by atoms with van der Waals surface area (Å²) in [6, 6.07) is 14.7. The van der Waals surface area contributed by atoms with Crippen LogP contribution >= 0.6 is 0 Å². The van der Waals surface area contributed by atoms with Crippen LogP contribution in [0.2, 0.25) is 0 Å². The van der Waals surface area contributed by atoms with Gasteiger partial charge >= 0.3 is 0 Å². The molecule has 1 amide bonds. The van der Waals surface area contributed by atoms with Crippen molar-refractivity contribution in [2.45, 2.75) is 31.2 Å². The van der Waals surface area contributed by atoms with Crippen LogP contribution in [0, 0.1) is 0 Å². The van der Waals surface area contributed by atoms with E-state index in [-0.39, 0.29) is 28.2 Å². The maximum Gasteiger partial charge on any atom is 0.251 e. The summed E-state index contributed by atoms with van der Waals surface area (Å²) in [4.78, 5) is 15.0. The number of nitrogens with one attached hydrogen (secondary N) is 2. The van der Waals surface area contributed by atoms with Gasteiger partial charge in [0.05, 0.1) is 7.11 Å². The minimum Gasteiger partial charge on any atom is -0.495 e. The molecule has 7 nitrogen and oxygen atoms in total. The molecular weight excluding hydrogens is 402 g/mol. The maximum atomic E-state index is 12.8. The normalized spacial score (nSPS) is 12.6. The highest BCUT2D eigenvalue weighted by Gasteiger charge is 2.22. The lowest BCUT2D eigenvalue weighted by Crippen LogP contribution is -2.45. The fourth-order valence-electron chi connectivity index (χ4n) is 3.41. The first-order chi connectivity index (χ1) is 14.4. The summed E-state index contributed by atoms with van der Waals surface area (Å²) in [6.45, 7) is 6.40. The molecule has 2 N–H and O–H groups in total. The molecule has 0 heterocycles. The molecule has 2 aromatic carbocycles. The minimum absolute atomic E-state index is 0.0651.